The minimum atomic E-state index is -0.371. The Hall–Kier alpha value is -1.94. The standard InChI is InChI=1S/C13H9ClFN3.C2H6/c1-8-4-5-16-13-10(8)7-17-18(13)12-3-2-9(15)6-11(12)14;1-2/h2-7H,1H3;1-2H3. The summed E-state index contributed by atoms with van der Waals surface area (Å²) < 4.78 is 14.7. The van der Waals surface area contributed by atoms with Gasteiger partial charge >= 0.3 is 0 Å². The van der Waals surface area contributed by atoms with Crippen LogP contribution in [0.5, 0.6) is 0 Å². The molecule has 104 valence electrons. The molecule has 0 spiro atoms. The molecule has 0 saturated heterocycles. The van der Waals surface area contributed by atoms with Crippen LogP contribution in [-0.4, -0.2) is 14.8 Å². The van der Waals surface area contributed by atoms with Gasteiger partial charge in [0.25, 0.3) is 0 Å². The number of aryl methyl sites for hydroxylation is 1. The average Bonchev–Trinajstić information content (AvgIpc) is 2.86. The van der Waals surface area contributed by atoms with Gasteiger partial charge in [-0.15, -0.1) is 0 Å². The van der Waals surface area contributed by atoms with Crippen LogP contribution in [0.2, 0.25) is 5.02 Å². The maximum Gasteiger partial charge on any atom is 0.163 e. The highest BCUT2D eigenvalue weighted by Gasteiger charge is 2.11. The number of benzene rings is 1. The minimum absolute atomic E-state index is 0.309. The summed E-state index contributed by atoms with van der Waals surface area (Å²) in [5.74, 6) is -0.371. The fourth-order valence-corrected chi connectivity index (χ4v) is 2.13. The van der Waals surface area contributed by atoms with Crippen molar-refractivity contribution in [3.05, 3.63) is 53.1 Å². The molecule has 0 atom stereocenters. The Morgan fingerprint density at radius 3 is 2.65 bits per heavy atom. The molecule has 1 aromatic carbocycles. The van der Waals surface area contributed by atoms with Gasteiger partial charge in [-0.1, -0.05) is 25.4 Å². The monoisotopic (exact) mass is 291 g/mol. The lowest BCUT2D eigenvalue weighted by Gasteiger charge is -2.05. The highest BCUT2D eigenvalue weighted by molar-refractivity contribution is 6.32. The smallest absolute Gasteiger partial charge is 0.163 e. The zero-order valence-corrected chi connectivity index (χ0v) is 12.3. The summed E-state index contributed by atoms with van der Waals surface area (Å²) in [6.07, 6.45) is 3.45. The van der Waals surface area contributed by atoms with Crippen molar-refractivity contribution in [2.24, 2.45) is 0 Å². The summed E-state index contributed by atoms with van der Waals surface area (Å²) in [4.78, 5) is 4.29. The molecule has 0 amide bonds. The van der Waals surface area contributed by atoms with Crippen LogP contribution >= 0.6 is 11.6 Å². The van der Waals surface area contributed by atoms with Crippen LogP contribution in [0.1, 0.15) is 19.4 Å². The Kier molecular flexibility index (Phi) is 4.35. The van der Waals surface area contributed by atoms with E-state index in [-0.39, 0.29) is 5.82 Å². The van der Waals surface area contributed by atoms with E-state index in [9.17, 15) is 4.39 Å². The van der Waals surface area contributed by atoms with Gasteiger partial charge in [-0.25, -0.2) is 14.1 Å². The van der Waals surface area contributed by atoms with Crippen LogP contribution in [-0.2, 0) is 0 Å². The molecular weight excluding hydrogens is 277 g/mol. The third-order valence-electron chi connectivity index (χ3n) is 2.83. The first-order chi connectivity index (χ1) is 9.66. The summed E-state index contributed by atoms with van der Waals surface area (Å²) in [6.45, 7) is 5.99. The largest absolute Gasteiger partial charge is 0.237 e. The lowest BCUT2D eigenvalue weighted by molar-refractivity contribution is 0.627. The maximum atomic E-state index is 13.0. The summed E-state index contributed by atoms with van der Waals surface area (Å²) in [5, 5.41) is 5.53. The van der Waals surface area contributed by atoms with E-state index in [4.69, 9.17) is 11.6 Å². The number of aromatic nitrogens is 3. The van der Waals surface area contributed by atoms with Crippen LogP contribution in [0.4, 0.5) is 4.39 Å². The summed E-state index contributed by atoms with van der Waals surface area (Å²) in [7, 11) is 0. The molecular formula is C15H15ClFN3. The third-order valence-corrected chi connectivity index (χ3v) is 3.13. The number of pyridine rings is 1. The SMILES string of the molecule is CC.Cc1ccnc2c1cnn2-c1ccc(F)cc1Cl. The Labute approximate surface area is 122 Å². The maximum absolute atomic E-state index is 13.0. The third kappa shape index (κ3) is 2.51. The first-order valence-corrected chi connectivity index (χ1v) is 6.79. The van der Waals surface area contributed by atoms with Crippen molar-refractivity contribution in [1.29, 1.82) is 0 Å². The van der Waals surface area contributed by atoms with Crippen molar-refractivity contribution in [1.82, 2.24) is 14.8 Å². The Morgan fingerprint density at radius 1 is 1.20 bits per heavy atom. The fraction of sp³-hybridized carbons (Fsp3) is 0.200. The van der Waals surface area contributed by atoms with Gasteiger partial charge in [0, 0.05) is 11.6 Å². The number of halogens is 2. The molecule has 2 heterocycles. The first kappa shape index (κ1) is 14.5. The molecule has 0 aliphatic heterocycles. The average molecular weight is 292 g/mol. The second-order valence-corrected chi connectivity index (χ2v) is 4.42. The van der Waals surface area contributed by atoms with Crippen molar-refractivity contribution in [2.75, 3.05) is 0 Å². The molecule has 3 aromatic rings. The number of hydrogen-bond donors (Lipinski definition) is 0. The second-order valence-electron chi connectivity index (χ2n) is 4.02. The van der Waals surface area contributed by atoms with Gasteiger partial charge < -0.3 is 0 Å². The van der Waals surface area contributed by atoms with E-state index in [1.54, 1.807) is 23.1 Å². The predicted molar refractivity (Wildman–Crippen MR) is 79.9 cm³/mol. The molecule has 0 aliphatic carbocycles. The van der Waals surface area contributed by atoms with Crippen molar-refractivity contribution >= 4 is 22.6 Å². The van der Waals surface area contributed by atoms with E-state index in [2.05, 4.69) is 10.1 Å². The number of rotatable bonds is 1. The molecule has 0 N–H and O–H groups in total. The van der Waals surface area contributed by atoms with E-state index in [0.717, 1.165) is 10.9 Å². The molecule has 3 rings (SSSR count). The second kappa shape index (κ2) is 6.01. The van der Waals surface area contributed by atoms with E-state index < -0.39 is 0 Å². The summed E-state index contributed by atoms with van der Waals surface area (Å²) >= 11 is 6.03. The summed E-state index contributed by atoms with van der Waals surface area (Å²) in [6, 6.07) is 6.12. The van der Waals surface area contributed by atoms with Crippen molar-refractivity contribution in [2.45, 2.75) is 20.8 Å². The molecule has 0 fully saturated rings. The molecule has 0 saturated carbocycles. The van der Waals surface area contributed by atoms with E-state index in [1.165, 1.54) is 12.1 Å². The highest BCUT2D eigenvalue weighted by Crippen LogP contribution is 2.25. The number of fused-ring (bicyclic) bond motifs is 1. The Balaban J connectivity index is 0.000000704. The topological polar surface area (TPSA) is 30.7 Å². The molecule has 2 aromatic heterocycles. The number of hydrogen-bond acceptors (Lipinski definition) is 2. The van der Waals surface area contributed by atoms with E-state index in [0.29, 0.717) is 16.4 Å². The quantitative estimate of drug-likeness (QED) is 0.658. The molecule has 5 heteroatoms. The predicted octanol–water partition coefficient (Wildman–Crippen LogP) is 4.55. The van der Waals surface area contributed by atoms with Gasteiger partial charge in [0.2, 0.25) is 0 Å². The van der Waals surface area contributed by atoms with Crippen LogP contribution < -0.4 is 0 Å². The first-order valence-electron chi connectivity index (χ1n) is 6.41. The van der Waals surface area contributed by atoms with Gasteiger partial charge in [-0.2, -0.15) is 5.10 Å². The van der Waals surface area contributed by atoms with E-state index >= 15 is 0 Å². The van der Waals surface area contributed by atoms with Crippen molar-refractivity contribution < 1.29 is 4.39 Å². The fourth-order valence-electron chi connectivity index (χ4n) is 1.88. The molecule has 0 radical (unpaired) electrons. The Bertz CT molecular complexity index is 737. The lowest BCUT2D eigenvalue weighted by Crippen LogP contribution is -1.98. The van der Waals surface area contributed by atoms with E-state index in [1.807, 2.05) is 26.8 Å². The minimum Gasteiger partial charge on any atom is -0.237 e. The van der Waals surface area contributed by atoms with Crippen LogP contribution in [0.25, 0.3) is 16.7 Å². The Morgan fingerprint density at radius 2 is 1.95 bits per heavy atom. The normalized spacial score (nSPS) is 10.2. The lowest BCUT2D eigenvalue weighted by atomic mass is 10.2. The van der Waals surface area contributed by atoms with Crippen molar-refractivity contribution in [3.63, 3.8) is 0 Å². The zero-order valence-electron chi connectivity index (χ0n) is 11.6. The van der Waals surface area contributed by atoms with Crippen LogP contribution in [0.3, 0.4) is 0 Å². The van der Waals surface area contributed by atoms with Crippen LogP contribution in [0.15, 0.2) is 36.7 Å². The van der Waals surface area contributed by atoms with Gasteiger partial charge in [0.1, 0.15) is 5.82 Å². The number of nitrogens with zero attached hydrogens (tertiary/aromatic N) is 3. The molecule has 0 bridgehead atoms. The van der Waals surface area contributed by atoms with Gasteiger partial charge in [0.15, 0.2) is 5.65 Å². The van der Waals surface area contributed by atoms with Gasteiger partial charge in [-0.3, -0.25) is 0 Å². The van der Waals surface area contributed by atoms with Crippen molar-refractivity contribution in [3.8, 4) is 5.69 Å². The van der Waals surface area contributed by atoms with Crippen LogP contribution in [0, 0.1) is 12.7 Å². The molecule has 0 aliphatic rings. The highest BCUT2D eigenvalue weighted by atomic mass is 35.5. The zero-order chi connectivity index (χ0) is 14.7. The molecule has 0 unspecified atom stereocenters. The van der Waals surface area contributed by atoms with Gasteiger partial charge in [-0.05, 0) is 36.8 Å². The molecule has 20 heavy (non-hydrogen) atoms. The molecule has 3 nitrogen and oxygen atoms in total. The van der Waals surface area contributed by atoms with Gasteiger partial charge in [0.05, 0.1) is 16.9 Å². The summed E-state index contributed by atoms with van der Waals surface area (Å²) in [5.41, 5.74) is 2.42.